The predicted molar refractivity (Wildman–Crippen MR) is 121 cm³/mol. The summed E-state index contributed by atoms with van der Waals surface area (Å²) in [5.41, 5.74) is -2.00. The van der Waals surface area contributed by atoms with Crippen LogP contribution in [0.2, 0.25) is 0 Å². The van der Waals surface area contributed by atoms with E-state index in [2.05, 4.69) is 0 Å². The van der Waals surface area contributed by atoms with Gasteiger partial charge in [0.25, 0.3) is 0 Å². The quantitative estimate of drug-likeness (QED) is 0.626. The first-order valence-electron chi connectivity index (χ1n) is 11.9. The number of amides is 1. The standard InChI is InChI=1S/C26H35NO6/c1-24(2,3)27(15-21(28)32-16-17-8-6-5-7-9-17)23(31)33-25(4)20-11-18-10-19(12-20)14-26(25,13-18)22(29)30/h5-9,18-20H,10-16H2,1-4H3,(H,29,30). The maximum Gasteiger partial charge on any atom is 0.411 e. The number of esters is 1. The number of benzene rings is 1. The number of carboxylic acids is 1. The molecule has 4 bridgehead atoms. The number of hydrogen-bond donors (Lipinski definition) is 1. The molecule has 0 heterocycles. The number of hydrogen-bond acceptors (Lipinski definition) is 5. The third-order valence-corrected chi connectivity index (χ3v) is 8.17. The Labute approximate surface area is 195 Å². The number of nitrogens with zero attached hydrogens (tertiary/aromatic N) is 1. The molecule has 0 aliphatic heterocycles. The third kappa shape index (κ3) is 4.22. The summed E-state index contributed by atoms with van der Waals surface area (Å²) in [6, 6.07) is 9.35. The number of rotatable bonds is 6. The van der Waals surface area contributed by atoms with E-state index in [4.69, 9.17) is 9.47 Å². The summed E-state index contributed by atoms with van der Waals surface area (Å²) >= 11 is 0. The smallest absolute Gasteiger partial charge is 0.411 e. The molecule has 4 fully saturated rings. The summed E-state index contributed by atoms with van der Waals surface area (Å²) < 4.78 is 11.5. The predicted octanol–water partition coefficient (Wildman–Crippen LogP) is 4.64. The number of carboxylic acid groups (broad SMARTS) is 1. The van der Waals surface area contributed by atoms with Crippen molar-refractivity contribution < 1.29 is 29.0 Å². The highest BCUT2D eigenvalue weighted by atomic mass is 16.6. The van der Waals surface area contributed by atoms with E-state index in [1.165, 1.54) is 4.90 Å². The lowest BCUT2D eigenvalue weighted by Crippen LogP contribution is -2.68. The van der Waals surface area contributed by atoms with Crippen LogP contribution < -0.4 is 0 Å². The summed E-state index contributed by atoms with van der Waals surface area (Å²) in [5, 5.41) is 10.3. The van der Waals surface area contributed by atoms with E-state index in [0.29, 0.717) is 24.7 Å². The molecule has 3 atom stereocenters. The summed E-state index contributed by atoms with van der Waals surface area (Å²) in [7, 11) is 0. The molecule has 1 aromatic carbocycles. The van der Waals surface area contributed by atoms with Gasteiger partial charge in [-0.25, -0.2) is 4.79 Å². The minimum Gasteiger partial charge on any atom is -0.481 e. The molecule has 4 aliphatic carbocycles. The fourth-order valence-corrected chi connectivity index (χ4v) is 6.51. The van der Waals surface area contributed by atoms with Crippen molar-refractivity contribution >= 4 is 18.0 Å². The van der Waals surface area contributed by atoms with E-state index in [1.54, 1.807) is 6.92 Å². The van der Waals surface area contributed by atoms with Crippen LogP contribution in [0.5, 0.6) is 0 Å². The highest BCUT2D eigenvalue weighted by molar-refractivity contribution is 5.81. The second-order valence-corrected chi connectivity index (χ2v) is 11.3. The van der Waals surface area contributed by atoms with Gasteiger partial charge in [0.1, 0.15) is 24.2 Å². The van der Waals surface area contributed by atoms with Gasteiger partial charge >= 0.3 is 18.0 Å². The van der Waals surface area contributed by atoms with E-state index >= 15 is 0 Å². The van der Waals surface area contributed by atoms with E-state index in [9.17, 15) is 19.5 Å². The minimum atomic E-state index is -1.10. The Hall–Kier alpha value is -2.57. The van der Waals surface area contributed by atoms with Crippen molar-refractivity contribution in [2.75, 3.05) is 6.54 Å². The van der Waals surface area contributed by atoms with Gasteiger partial charge in [0.05, 0.1) is 0 Å². The second-order valence-electron chi connectivity index (χ2n) is 11.3. The SMILES string of the molecule is CC(C)(C)N(CC(=O)OCc1ccccc1)C(=O)OC1(C)C2CC3CC(C2)CC1(C(=O)O)C3. The average Bonchev–Trinajstić information content (AvgIpc) is 2.73. The Morgan fingerprint density at radius 3 is 2.21 bits per heavy atom. The van der Waals surface area contributed by atoms with E-state index in [-0.39, 0.29) is 19.1 Å². The van der Waals surface area contributed by atoms with Gasteiger partial charge in [-0.2, -0.15) is 0 Å². The van der Waals surface area contributed by atoms with E-state index < -0.39 is 34.6 Å². The van der Waals surface area contributed by atoms with Gasteiger partial charge in [-0.1, -0.05) is 30.3 Å². The van der Waals surface area contributed by atoms with Crippen LogP contribution in [0.15, 0.2) is 30.3 Å². The maximum absolute atomic E-state index is 13.5. The summed E-state index contributed by atoms with van der Waals surface area (Å²) in [6.07, 6.45) is 3.31. The number of carbonyl (C=O) groups excluding carboxylic acids is 2. The first-order chi connectivity index (χ1) is 15.4. The van der Waals surface area contributed by atoms with Crippen LogP contribution in [0.4, 0.5) is 4.79 Å². The van der Waals surface area contributed by atoms with Gasteiger partial charge in [0, 0.05) is 11.5 Å². The largest absolute Gasteiger partial charge is 0.481 e. The maximum atomic E-state index is 13.5. The molecule has 33 heavy (non-hydrogen) atoms. The zero-order chi connectivity index (χ0) is 24.0. The molecule has 0 spiro atoms. The molecule has 180 valence electrons. The molecular weight excluding hydrogens is 422 g/mol. The number of carbonyl (C=O) groups is 3. The van der Waals surface area contributed by atoms with Crippen molar-refractivity contribution in [3.8, 4) is 0 Å². The Morgan fingerprint density at radius 1 is 1.06 bits per heavy atom. The highest BCUT2D eigenvalue weighted by Gasteiger charge is 2.69. The summed E-state index contributed by atoms with van der Waals surface area (Å²) in [5.74, 6) is -0.611. The zero-order valence-corrected chi connectivity index (χ0v) is 20.0. The number of aliphatic carboxylic acids is 1. The van der Waals surface area contributed by atoms with Crippen LogP contribution in [0, 0.1) is 23.2 Å². The topological polar surface area (TPSA) is 93.1 Å². The van der Waals surface area contributed by atoms with Gasteiger partial charge in [0.15, 0.2) is 0 Å². The zero-order valence-electron chi connectivity index (χ0n) is 20.0. The number of ether oxygens (including phenoxy) is 2. The lowest BCUT2D eigenvalue weighted by atomic mass is 9.43. The van der Waals surface area contributed by atoms with E-state index in [0.717, 1.165) is 24.8 Å². The average molecular weight is 458 g/mol. The Bertz CT molecular complexity index is 908. The van der Waals surface area contributed by atoms with E-state index in [1.807, 2.05) is 51.1 Å². The van der Waals surface area contributed by atoms with Crippen molar-refractivity contribution in [3.05, 3.63) is 35.9 Å². The molecule has 1 aromatic rings. The first-order valence-corrected chi connectivity index (χ1v) is 11.9. The molecule has 0 radical (unpaired) electrons. The van der Waals surface area contributed by atoms with Gasteiger partial charge in [-0.3, -0.25) is 14.5 Å². The van der Waals surface area contributed by atoms with Crippen LogP contribution in [0.3, 0.4) is 0 Å². The molecule has 0 saturated heterocycles. The lowest BCUT2D eigenvalue weighted by Gasteiger charge is -2.63. The van der Waals surface area contributed by atoms with Gasteiger partial charge in [0.2, 0.25) is 0 Å². The Morgan fingerprint density at radius 2 is 1.67 bits per heavy atom. The molecule has 4 aliphatic rings. The molecular formula is C26H35NO6. The molecule has 3 unspecified atom stereocenters. The van der Waals surface area contributed by atoms with Crippen molar-refractivity contribution in [1.82, 2.24) is 4.90 Å². The molecule has 4 saturated carbocycles. The van der Waals surface area contributed by atoms with Crippen LogP contribution in [0.1, 0.15) is 65.4 Å². The van der Waals surface area contributed by atoms with Crippen molar-refractivity contribution in [1.29, 1.82) is 0 Å². The van der Waals surface area contributed by atoms with Crippen molar-refractivity contribution in [2.24, 2.45) is 23.2 Å². The van der Waals surface area contributed by atoms with Crippen LogP contribution in [-0.4, -0.2) is 45.7 Å². The normalized spacial score (nSPS) is 32.3. The Balaban J connectivity index is 1.50. The summed E-state index contributed by atoms with van der Waals surface area (Å²) in [6.45, 7) is 7.13. The minimum absolute atomic E-state index is 0.0238. The fourth-order valence-electron chi connectivity index (χ4n) is 6.51. The Kier molecular flexibility index (Phi) is 5.95. The molecule has 7 heteroatoms. The first kappa shape index (κ1) is 23.6. The monoisotopic (exact) mass is 457 g/mol. The van der Waals surface area contributed by atoms with Gasteiger partial charge < -0.3 is 14.6 Å². The fraction of sp³-hybridized carbons (Fsp3) is 0.654. The van der Waals surface area contributed by atoms with Gasteiger partial charge in [-0.15, -0.1) is 0 Å². The van der Waals surface area contributed by atoms with Crippen LogP contribution >= 0.6 is 0 Å². The molecule has 1 N–H and O–H groups in total. The molecule has 7 nitrogen and oxygen atoms in total. The molecule has 5 rings (SSSR count). The van der Waals surface area contributed by atoms with Gasteiger partial charge in [-0.05, 0) is 77.2 Å². The molecule has 0 aromatic heterocycles. The van der Waals surface area contributed by atoms with Crippen LogP contribution in [0.25, 0.3) is 0 Å². The summed E-state index contributed by atoms with van der Waals surface area (Å²) in [4.78, 5) is 40.0. The van der Waals surface area contributed by atoms with Crippen LogP contribution in [-0.2, 0) is 25.7 Å². The third-order valence-electron chi connectivity index (χ3n) is 8.17. The van der Waals surface area contributed by atoms with Crippen molar-refractivity contribution in [2.45, 2.75) is 77.5 Å². The lowest BCUT2D eigenvalue weighted by molar-refractivity contribution is -0.231. The van der Waals surface area contributed by atoms with Crippen molar-refractivity contribution in [3.63, 3.8) is 0 Å². The second kappa shape index (κ2) is 8.33. The highest BCUT2D eigenvalue weighted by Crippen LogP contribution is 2.66. The molecule has 1 amide bonds.